The molecule has 4 nitrogen and oxygen atoms in total. The fourth-order valence-corrected chi connectivity index (χ4v) is 3.70. The summed E-state index contributed by atoms with van der Waals surface area (Å²) in [5, 5.41) is 7.45. The minimum atomic E-state index is -0.0802. The van der Waals surface area contributed by atoms with Crippen molar-refractivity contribution in [1.29, 1.82) is 0 Å². The molecule has 1 amide bonds. The number of rotatable bonds is 7. The van der Waals surface area contributed by atoms with Gasteiger partial charge in [0.2, 0.25) is 0 Å². The van der Waals surface area contributed by atoms with E-state index in [9.17, 15) is 4.79 Å². The van der Waals surface area contributed by atoms with Crippen LogP contribution in [0.15, 0.2) is 59.2 Å². The molecule has 1 aliphatic heterocycles. The number of nitrogens with zero attached hydrogens (tertiary/aromatic N) is 3. The first kappa shape index (κ1) is 21.6. The molecule has 0 aliphatic carbocycles. The molecule has 0 fully saturated rings. The van der Waals surface area contributed by atoms with Crippen LogP contribution < -0.4 is 5.01 Å². The highest BCUT2D eigenvalue weighted by Crippen LogP contribution is 2.29. The quantitative estimate of drug-likeness (QED) is 0.543. The van der Waals surface area contributed by atoms with Gasteiger partial charge in [0.05, 0.1) is 17.0 Å². The largest absolute Gasteiger partial charge is 0.309 e. The van der Waals surface area contributed by atoms with Crippen molar-refractivity contribution < 1.29 is 4.79 Å². The Hall–Kier alpha value is -2.14. The van der Waals surface area contributed by atoms with Gasteiger partial charge in [0.25, 0.3) is 5.91 Å². The van der Waals surface area contributed by atoms with Gasteiger partial charge in [-0.05, 0) is 69.6 Å². The summed E-state index contributed by atoms with van der Waals surface area (Å²) in [6, 6.07) is 13.3. The molecule has 0 N–H and O–H groups in total. The van der Waals surface area contributed by atoms with Gasteiger partial charge in [0, 0.05) is 16.6 Å². The molecule has 0 saturated carbocycles. The van der Waals surface area contributed by atoms with Gasteiger partial charge in [-0.2, -0.15) is 10.1 Å². The van der Waals surface area contributed by atoms with Gasteiger partial charge in [-0.25, -0.2) is 0 Å². The maximum absolute atomic E-state index is 13.1. The zero-order chi connectivity index (χ0) is 21.0. The molecule has 3 rings (SSSR count). The number of halogens is 2. The molecule has 2 aromatic carbocycles. The summed E-state index contributed by atoms with van der Waals surface area (Å²) in [4.78, 5) is 15.2. The van der Waals surface area contributed by atoms with Crippen LogP contribution in [0.5, 0.6) is 0 Å². The monoisotopic (exact) mass is 429 g/mol. The van der Waals surface area contributed by atoms with Gasteiger partial charge in [-0.1, -0.05) is 53.5 Å². The average molecular weight is 430 g/mol. The van der Waals surface area contributed by atoms with E-state index < -0.39 is 0 Å². The van der Waals surface area contributed by atoms with E-state index in [2.05, 4.69) is 10.0 Å². The van der Waals surface area contributed by atoms with Gasteiger partial charge < -0.3 is 4.90 Å². The Morgan fingerprint density at radius 3 is 2.48 bits per heavy atom. The van der Waals surface area contributed by atoms with Crippen molar-refractivity contribution in [3.63, 3.8) is 0 Å². The SMILES string of the molecule is Cc1cc(CCC2=NN(c3ccccc3)C(=O)/C2=C/CCN(C)C)c(Cl)cc1Cl. The van der Waals surface area contributed by atoms with Crippen molar-refractivity contribution in [1.82, 2.24) is 4.90 Å². The smallest absolute Gasteiger partial charge is 0.280 e. The molecular weight excluding hydrogens is 405 g/mol. The fraction of sp³-hybridized carbons (Fsp3) is 0.304. The van der Waals surface area contributed by atoms with E-state index in [4.69, 9.17) is 23.2 Å². The lowest BCUT2D eigenvalue weighted by Gasteiger charge is -2.11. The Balaban J connectivity index is 1.85. The maximum Gasteiger partial charge on any atom is 0.280 e. The zero-order valence-electron chi connectivity index (χ0n) is 17.0. The normalized spacial score (nSPS) is 15.5. The first-order valence-corrected chi connectivity index (χ1v) is 10.4. The van der Waals surface area contributed by atoms with Crippen molar-refractivity contribution in [2.24, 2.45) is 5.10 Å². The molecule has 1 aliphatic rings. The van der Waals surface area contributed by atoms with Crippen molar-refractivity contribution in [3.05, 3.63) is 75.3 Å². The number of benzene rings is 2. The number of amides is 1. The first-order chi connectivity index (χ1) is 13.9. The summed E-state index contributed by atoms with van der Waals surface area (Å²) >= 11 is 12.5. The molecule has 0 atom stereocenters. The topological polar surface area (TPSA) is 35.9 Å². The molecule has 0 unspecified atom stereocenters. The molecule has 6 heteroatoms. The van der Waals surface area contributed by atoms with Crippen molar-refractivity contribution >= 4 is 40.5 Å². The summed E-state index contributed by atoms with van der Waals surface area (Å²) in [6.07, 6.45) is 4.11. The van der Waals surface area contributed by atoms with E-state index in [1.54, 1.807) is 6.07 Å². The summed E-state index contributed by atoms with van der Waals surface area (Å²) in [7, 11) is 4.04. The number of aryl methyl sites for hydroxylation is 2. The number of anilines is 1. The Bertz CT molecular complexity index is 952. The van der Waals surface area contributed by atoms with Crippen molar-refractivity contribution in [3.8, 4) is 0 Å². The van der Waals surface area contributed by atoms with Crippen LogP contribution in [0.2, 0.25) is 10.0 Å². The third kappa shape index (κ3) is 5.27. The number of carbonyl (C=O) groups is 1. The third-order valence-electron chi connectivity index (χ3n) is 4.84. The summed E-state index contributed by atoms with van der Waals surface area (Å²) < 4.78 is 0. The van der Waals surface area contributed by atoms with Gasteiger partial charge >= 0.3 is 0 Å². The predicted molar refractivity (Wildman–Crippen MR) is 122 cm³/mol. The number of para-hydroxylation sites is 1. The van der Waals surface area contributed by atoms with Crippen LogP contribution in [0.3, 0.4) is 0 Å². The van der Waals surface area contributed by atoms with Crippen LogP contribution in [0.4, 0.5) is 5.69 Å². The van der Waals surface area contributed by atoms with E-state index in [0.29, 0.717) is 28.5 Å². The predicted octanol–water partition coefficient (Wildman–Crippen LogP) is 5.52. The highest BCUT2D eigenvalue weighted by atomic mass is 35.5. The number of hydrazone groups is 1. The second-order valence-electron chi connectivity index (χ2n) is 7.40. The third-order valence-corrected chi connectivity index (χ3v) is 5.60. The highest BCUT2D eigenvalue weighted by Gasteiger charge is 2.30. The molecule has 0 bridgehead atoms. The average Bonchev–Trinajstić information content (AvgIpc) is 3.00. The lowest BCUT2D eigenvalue weighted by atomic mass is 10.00. The minimum Gasteiger partial charge on any atom is -0.309 e. The van der Waals surface area contributed by atoms with Crippen LogP contribution in [0, 0.1) is 6.92 Å². The number of hydrogen-bond acceptors (Lipinski definition) is 3. The van der Waals surface area contributed by atoms with Crippen molar-refractivity contribution in [2.45, 2.75) is 26.2 Å². The van der Waals surface area contributed by atoms with Crippen LogP contribution in [0.25, 0.3) is 0 Å². The van der Waals surface area contributed by atoms with Gasteiger partial charge in [-0.15, -0.1) is 0 Å². The second-order valence-corrected chi connectivity index (χ2v) is 8.22. The zero-order valence-corrected chi connectivity index (χ0v) is 18.5. The summed E-state index contributed by atoms with van der Waals surface area (Å²) in [6.45, 7) is 2.83. The van der Waals surface area contributed by atoms with Gasteiger partial charge in [-0.3, -0.25) is 4.79 Å². The van der Waals surface area contributed by atoms with Crippen LogP contribution in [0.1, 0.15) is 24.0 Å². The molecule has 152 valence electrons. The summed E-state index contributed by atoms with van der Waals surface area (Å²) in [5.41, 5.74) is 4.24. The lowest BCUT2D eigenvalue weighted by molar-refractivity contribution is -0.114. The number of carbonyl (C=O) groups excluding carboxylic acids is 1. The van der Waals surface area contributed by atoms with E-state index in [1.807, 2.05) is 63.5 Å². The molecule has 1 heterocycles. The van der Waals surface area contributed by atoms with E-state index in [1.165, 1.54) is 5.01 Å². The van der Waals surface area contributed by atoms with Gasteiger partial charge in [0.15, 0.2) is 0 Å². The second kappa shape index (κ2) is 9.57. The Labute approximate surface area is 182 Å². The molecule has 0 spiro atoms. The van der Waals surface area contributed by atoms with Crippen LogP contribution in [-0.4, -0.2) is 37.2 Å². The first-order valence-electron chi connectivity index (χ1n) is 9.63. The van der Waals surface area contributed by atoms with E-state index in [-0.39, 0.29) is 5.91 Å². The van der Waals surface area contributed by atoms with E-state index >= 15 is 0 Å². The molecular formula is C23H25Cl2N3O. The molecule has 2 aromatic rings. The van der Waals surface area contributed by atoms with Crippen molar-refractivity contribution in [2.75, 3.05) is 25.6 Å². The lowest BCUT2D eigenvalue weighted by Crippen LogP contribution is -2.21. The Kier molecular flexibility index (Phi) is 7.12. The Morgan fingerprint density at radius 2 is 1.79 bits per heavy atom. The Morgan fingerprint density at radius 1 is 1.07 bits per heavy atom. The number of hydrogen-bond donors (Lipinski definition) is 0. The van der Waals surface area contributed by atoms with Crippen LogP contribution in [-0.2, 0) is 11.2 Å². The van der Waals surface area contributed by atoms with Crippen LogP contribution >= 0.6 is 23.2 Å². The standard InChI is InChI=1S/C23H25Cl2N3O/c1-16-14-17(21(25)15-20(16)24)11-12-22-19(10-7-13-27(2)3)23(29)28(26-22)18-8-5-4-6-9-18/h4-6,8-10,14-15H,7,11-13H2,1-3H3/b19-10+. The molecule has 0 aromatic heterocycles. The maximum atomic E-state index is 13.1. The van der Waals surface area contributed by atoms with E-state index in [0.717, 1.165) is 35.5 Å². The molecule has 29 heavy (non-hydrogen) atoms. The fourth-order valence-electron chi connectivity index (χ4n) is 3.22. The molecule has 0 radical (unpaired) electrons. The minimum absolute atomic E-state index is 0.0802. The highest BCUT2D eigenvalue weighted by molar-refractivity contribution is 6.35. The van der Waals surface area contributed by atoms with Gasteiger partial charge in [0.1, 0.15) is 0 Å². The summed E-state index contributed by atoms with van der Waals surface area (Å²) in [5.74, 6) is -0.0802. The molecule has 0 saturated heterocycles.